The molecule has 0 aliphatic heterocycles. The van der Waals surface area contributed by atoms with Crippen molar-refractivity contribution in [3.63, 3.8) is 0 Å². The second kappa shape index (κ2) is 6.33. The SMILES string of the molecule is CCNC(c1ccc(C)c(Cl)c1)c1cc(C)nnc1C. The van der Waals surface area contributed by atoms with Gasteiger partial charge in [-0.15, -0.1) is 0 Å². The van der Waals surface area contributed by atoms with Gasteiger partial charge in [0.1, 0.15) is 0 Å². The largest absolute Gasteiger partial charge is 0.306 e. The van der Waals surface area contributed by atoms with Crippen molar-refractivity contribution < 1.29 is 0 Å². The van der Waals surface area contributed by atoms with E-state index in [-0.39, 0.29) is 6.04 Å². The average Bonchev–Trinajstić information content (AvgIpc) is 2.42. The Kier molecular flexibility index (Phi) is 4.73. The van der Waals surface area contributed by atoms with Crippen LogP contribution in [0, 0.1) is 20.8 Å². The van der Waals surface area contributed by atoms with Crippen molar-refractivity contribution >= 4 is 11.6 Å². The lowest BCUT2D eigenvalue weighted by molar-refractivity contribution is 0.620. The number of benzene rings is 1. The summed E-state index contributed by atoms with van der Waals surface area (Å²) in [5.41, 5.74) is 5.26. The van der Waals surface area contributed by atoms with Crippen LogP contribution >= 0.6 is 11.6 Å². The molecule has 1 aromatic heterocycles. The Labute approximate surface area is 125 Å². The van der Waals surface area contributed by atoms with E-state index >= 15 is 0 Å². The summed E-state index contributed by atoms with van der Waals surface area (Å²) in [7, 11) is 0. The smallest absolute Gasteiger partial charge is 0.0651 e. The van der Waals surface area contributed by atoms with Crippen LogP contribution in [0.4, 0.5) is 0 Å². The highest BCUT2D eigenvalue weighted by molar-refractivity contribution is 6.31. The zero-order valence-electron chi connectivity index (χ0n) is 12.4. The van der Waals surface area contributed by atoms with E-state index in [0.29, 0.717) is 0 Å². The predicted molar refractivity (Wildman–Crippen MR) is 83.2 cm³/mol. The molecule has 3 nitrogen and oxygen atoms in total. The number of nitrogens with zero attached hydrogens (tertiary/aromatic N) is 2. The molecule has 0 radical (unpaired) electrons. The van der Waals surface area contributed by atoms with Gasteiger partial charge >= 0.3 is 0 Å². The van der Waals surface area contributed by atoms with Crippen LogP contribution in [0.5, 0.6) is 0 Å². The number of hydrogen-bond acceptors (Lipinski definition) is 3. The van der Waals surface area contributed by atoms with E-state index in [1.807, 2.05) is 26.8 Å². The van der Waals surface area contributed by atoms with Crippen LogP contribution in [-0.2, 0) is 0 Å². The van der Waals surface area contributed by atoms with Crippen molar-refractivity contribution in [2.75, 3.05) is 6.54 Å². The second-order valence-electron chi connectivity index (χ2n) is 5.03. The van der Waals surface area contributed by atoms with Gasteiger partial charge in [-0.3, -0.25) is 0 Å². The molecule has 1 aromatic carbocycles. The Hall–Kier alpha value is -1.45. The van der Waals surface area contributed by atoms with Crippen molar-refractivity contribution in [3.8, 4) is 0 Å². The molecule has 1 atom stereocenters. The van der Waals surface area contributed by atoms with Gasteiger partial charge in [0.25, 0.3) is 0 Å². The summed E-state index contributed by atoms with van der Waals surface area (Å²) < 4.78 is 0. The minimum atomic E-state index is 0.0901. The first-order chi connectivity index (χ1) is 9.52. The summed E-state index contributed by atoms with van der Waals surface area (Å²) in [6, 6.07) is 8.37. The molecule has 20 heavy (non-hydrogen) atoms. The van der Waals surface area contributed by atoms with Gasteiger partial charge in [0.15, 0.2) is 0 Å². The number of aromatic nitrogens is 2. The fraction of sp³-hybridized carbons (Fsp3) is 0.375. The van der Waals surface area contributed by atoms with E-state index < -0.39 is 0 Å². The van der Waals surface area contributed by atoms with Crippen molar-refractivity contribution in [2.45, 2.75) is 33.7 Å². The van der Waals surface area contributed by atoms with Gasteiger partial charge in [0.05, 0.1) is 17.4 Å². The lowest BCUT2D eigenvalue weighted by Crippen LogP contribution is -2.23. The molecule has 106 valence electrons. The third kappa shape index (κ3) is 3.17. The van der Waals surface area contributed by atoms with Crippen molar-refractivity contribution in [2.24, 2.45) is 0 Å². The Morgan fingerprint density at radius 1 is 1.15 bits per heavy atom. The number of hydrogen-bond donors (Lipinski definition) is 1. The van der Waals surface area contributed by atoms with E-state index in [1.54, 1.807) is 0 Å². The normalized spacial score (nSPS) is 12.4. The molecule has 1 heterocycles. The Bertz CT molecular complexity index is 611. The summed E-state index contributed by atoms with van der Waals surface area (Å²) in [6.45, 7) is 8.93. The number of rotatable bonds is 4. The molecule has 1 unspecified atom stereocenters. The Morgan fingerprint density at radius 2 is 1.90 bits per heavy atom. The molecule has 0 saturated carbocycles. The number of halogens is 1. The van der Waals surface area contributed by atoms with Gasteiger partial charge in [-0.2, -0.15) is 10.2 Å². The van der Waals surface area contributed by atoms with Gasteiger partial charge in [-0.05, 0) is 56.1 Å². The Balaban J connectivity index is 2.49. The first-order valence-electron chi connectivity index (χ1n) is 6.83. The molecule has 0 aliphatic carbocycles. The highest BCUT2D eigenvalue weighted by atomic mass is 35.5. The number of aryl methyl sites for hydroxylation is 3. The fourth-order valence-corrected chi connectivity index (χ4v) is 2.45. The van der Waals surface area contributed by atoms with Gasteiger partial charge in [-0.1, -0.05) is 30.7 Å². The summed E-state index contributed by atoms with van der Waals surface area (Å²) >= 11 is 6.26. The summed E-state index contributed by atoms with van der Waals surface area (Å²) in [6.07, 6.45) is 0. The van der Waals surface area contributed by atoms with Crippen LogP contribution < -0.4 is 5.32 Å². The molecule has 1 N–H and O–H groups in total. The van der Waals surface area contributed by atoms with Crippen LogP contribution in [0.25, 0.3) is 0 Å². The van der Waals surface area contributed by atoms with Crippen LogP contribution in [0.15, 0.2) is 24.3 Å². The molecule has 4 heteroatoms. The molecular weight excluding hydrogens is 270 g/mol. The van der Waals surface area contributed by atoms with Crippen LogP contribution in [0.3, 0.4) is 0 Å². The van der Waals surface area contributed by atoms with Gasteiger partial charge in [0, 0.05) is 5.02 Å². The molecule has 0 bridgehead atoms. The zero-order valence-corrected chi connectivity index (χ0v) is 13.1. The molecule has 0 spiro atoms. The van der Waals surface area contributed by atoms with Crippen molar-refractivity contribution in [1.82, 2.24) is 15.5 Å². The van der Waals surface area contributed by atoms with Crippen LogP contribution in [0.1, 0.15) is 41.0 Å². The van der Waals surface area contributed by atoms with E-state index in [4.69, 9.17) is 11.6 Å². The van der Waals surface area contributed by atoms with Gasteiger partial charge in [-0.25, -0.2) is 0 Å². The fourth-order valence-electron chi connectivity index (χ4n) is 2.26. The zero-order chi connectivity index (χ0) is 14.7. The van der Waals surface area contributed by atoms with E-state index in [2.05, 4.69) is 40.6 Å². The second-order valence-corrected chi connectivity index (χ2v) is 5.43. The third-order valence-electron chi connectivity index (χ3n) is 3.39. The monoisotopic (exact) mass is 289 g/mol. The maximum absolute atomic E-state index is 6.26. The van der Waals surface area contributed by atoms with Crippen LogP contribution in [-0.4, -0.2) is 16.7 Å². The molecule has 2 rings (SSSR count). The highest BCUT2D eigenvalue weighted by Gasteiger charge is 2.17. The first-order valence-corrected chi connectivity index (χ1v) is 7.21. The van der Waals surface area contributed by atoms with E-state index in [0.717, 1.165) is 39.6 Å². The maximum atomic E-state index is 6.26. The lowest BCUT2D eigenvalue weighted by atomic mass is 9.96. The summed E-state index contributed by atoms with van der Waals surface area (Å²) in [5, 5.41) is 12.6. The number of nitrogens with one attached hydrogen (secondary N) is 1. The predicted octanol–water partition coefficient (Wildman–Crippen LogP) is 3.75. The molecule has 0 amide bonds. The molecular formula is C16H20ClN3. The lowest BCUT2D eigenvalue weighted by Gasteiger charge is -2.21. The molecule has 0 fully saturated rings. The average molecular weight is 290 g/mol. The molecule has 0 saturated heterocycles. The quantitative estimate of drug-likeness (QED) is 0.931. The van der Waals surface area contributed by atoms with Gasteiger partial charge in [0.2, 0.25) is 0 Å². The van der Waals surface area contributed by atoms with Crippen LogP contribution in [0.2, 0.25) is 5.02 Å². The molecule has 0 aliphatic rings. The first kappa shape index (κ1) is 14.9. The minimum Gasteiger partial charge on any atom is -0.306 e. The topological polar surface area (TPSA) is 37.8 Å². The van der Waals surface area contributed by atoms with Crippen molar-refractivity contribution in [3.05, 3.63) is 57.4 Å². The van der Waals surface area contributed by atoms with Gasteiger partial charge < -0.3 is 5.32 Å². The highest BCUT2D eigenvalue weighted by Crippen LogP contribution is 2.27. The Morgan fingerprint density at radius 3 is 2.55 bits per heavy atom. The van der Waals surface area contributed by atoms with E-state index in [1.165, 1.54) is 0 Å². The standard InChI is InChI=1S/C16H20ClN3/c1-5-18-16(13-7-6-10(2)15(17)9-13)14-8-11(3)19-20-12(14)4/h6-9,16,18H,5H2,1-4H3. The summed E-state index contributed by atoms with van der Waals surface area (Å²) in [5.74, 6) is 0. The van der Waals surface area contributed by atoms with Crippen molar-refractivity contribution in [1.29, 1.82) is 0 Å². The minimum absolute atomic E-state index is 0.0901. The third-order valence-corrected chi connectivity index (χ3v) is 3.80. The summed E-state index contributed by atoms with van der Waals surface area (Å²) in [4.78, 5) is 0. The maximum Gasteiger partial charge on any atom is 0.0651 e. The van der Waals surface area contributed by atoms with E-state index in [9.17, 15) is 0 Å². The molecule has 2 aromatic rings.